The fourth-order valence-electron chi connectivity index (χ4n) is 2.30. The van der Waals surface area contributed by atoms with Gasteiger partial charge >= 0.3 is 0 Å². The molecule has 2 heterocycles. The van der Waals surface area contributed by atoms with Gasteiger partial charge in [-0.2, -0.15) is 0 Å². The third-order valence-corrected chi connectivity index (χ3v) is 3.47. The molecule has 0 atom stereocenters. The number of amides is 1. The van der Waals surface area contributed by atoms with Crippen LogP contribution in [0, 0.1) is 0 Å². The van der Waals surface area contributed by atoms with Crippen molar-refractivity contribution >= 4 is 23.9 Å². The maximum Gasteiger partial charge on any atom is 0.298 e. The molecule has 1 aromatic carbocycles. The van der Waals surface area contributed by atoms with Crippen LogP contribution in [-0.2, 0) is 4.79 Å². The maximum absolute atomic E-state index is 12.5. The molecule has 0 radical (unpaired) electrons. The summed E-state index contributed by atoms with van der Waals surface area (Å²) in [7, 11) is 0. The number of carbonyl (C=O) groups is 2. The van der Waals surface area contributed by atoms with E-state index in [1.54, 1.807) is 54.9 Å². The second-order valence-corrected chi connectivity index (χ2v) is 5.06. The van der Waals surface area contributed by atoms with Gasteiger partial charge in [-0.25, -0.2) is 4.98 Å². The van der Waals surface area contributed by atoms with E-state index in [1.807, 2.05) is 0 Å². The number of benzene rings is 1. The quantitative estimate of drug-likeness (QED) is 0.694. The van der Waals surface area contributed by atoms with Gasteiger partial charge in [-0.3, -0.25) is 14.6 Å². The zero-order valence-corrected chi connectivity index (χ0v) is 13.0. The van der Waals surface area contributed by atoms with Crippen LogP contribution in [0.5, 0.6) is 5.75 Å². The first-order valence-corrected chi connectivity index (χ1v) is 7.35. The molecule has 0 saturated carbocycles. The lowest BCUT2D eigenvalue weighted by Crippen LogP contribution is -2.15. The number of carbonyl (C=O) groups excluding carboxylic acids is 2. The van der Waals surface area contributed by atoms with Crippen molar-refractivity contribution in [2.24, 2.45) is 0 Å². The van der Waals surface area contributed by atoms with E-state index in [0.29, 0.717) is 29.0 Å². The Hall–Kier alpha value is -3.74. The highest BCUT2D eigenvalue weighted by Gasteiger charge is 2.15. The summed E-state index contributed by atoms with van der Waals surface area (Å²) in [4.78, 5) is 31.1. The van der Waals surface area contributed by atoms with Gasteiger partial charge in [-0.1, -0.05) is 18.2 Å². The van der Waals surface area contributed by atoms with Gasteiger partial charge in [0.15, 0.2) is 0 Å². The molecule has 3 rings (SSSR count). The first-order chi connectivity index (χ1) is 12.2. The van der Waals surface area contributed by atoms with Gasteiger partial charge in [0.2, 0.25) is 0 Å². The molecule has 7 heteroatoms. The summed E-state index contributed by atoms with van der Waals surface area (Å²) in [6.45, 7) is 0.348. The van der Waals surface area contributed by atoms with Crippen molar-refractivity contribution in [3.8, 4) is 16.9 Å². The van der Waals surface area contributed by atoms with E-state index in [4.69, 9.17) is 10.5 Å². The molecular formula is C18H14N4O3. The van der Waals surface area contributed by atoms with Crippen molar-refractivity contribution < 1.29 is 14.3 Å². The van der Waals surface area contributed by atoms with Crippen LogP contribution < -0.4 is 15.8 Å². The summed E-state index contributed by atoms with van der Waals surface area (Å²) in [5, 5.41) is 2.73. The molecule has 124 valence electrons. The molecule has 3 N–H and O–H groups in total. The SMILES string of the molecule is Nc1ncc(-c2ccccc2OC=O)cc1C(=O)Nc1ccncc1. The van der Waals surface area contributed by atoms with Crippen molar-refractivity contribution in [3.05, 3.63) is 66.6 Å². The Kier molecular flexibility index (Phi) is 4.66. The number of nitrogens with two attached hydrogens (primary N) is 1. The Morgan fingerprint density at radius 3 is 2.68 bits per heavy atom. The molecule has 0 unspecified atom stereocenters. The zero-order chi connectivity index (χ0) is 17.6. The predicted molar refractivity (Wildman–Crippen MR) is 93.0 cm³/mol. The second-order valence-electron chi connectivity index (χ2n) is 5.06. The summed E-state index contributed by atoms with van der Waals surface area (Å²) < 4.78 is 4.97. The van der Waals surface area contributed by atoms with Gasteiger partial charge in [0.1, 0.15) is 11.6 Å². The van der Waals surface area contributed by atoms with Crippen LogP contribution in [0.15, 0.2) is 61.1 Å². The Bertz CT molecular complexity index is 913. The van der Waals surface area contributed by atoms with Crippen LogP contribution in [0.25, 0.3) is 11.1 Å². The van der Waals surface area contributed by atoms with Crippen LogP contribution >= 0.6 is 0 Å². The molecule has 3 aromatic rings. The molecule has 2 aromatic heterocycles. The third kappa shape index (κ3) is 3.61. The number of hydrogen-bond donors (Lipinski definition) is 2. The molecular weight excluding hydrogens is 320 g/mol. The lowest BCUT2D eigenvalue weighted by atomic mass is 10.0. The highest BCUT2D eigenvalue weighted by atomic mass is 16.5. The van der Waals surface area contributed by atoms with Crippen molar-refractivity contribution in [3.63, 3.8) is 0 Å². The van der Waals surface area contributed by atoms with Gasteiger partial charge in [0.25, 0.3) is 12.4 Å². The first-order valence-electron chi connectivity index (χ1n) is 7.35. The molecule has 0 aliphatic rings. The number of nitrogens with zero attached hydrogens (tertiary/aromatic N) is 2. The number of nitrogens with one attached hydrogen (secondary N) is 1. The van der Waals surface area contributed by atoms with Crippen LogP contribution in [0.1, 0.15) is 10.4 Å². The molecule has 0 spiro atoms. The van der Waals surface area contributed by atoms with Gasteiger partial charge in [-0.05, 0) is 24.3 Å². The number of anilines is 2. The third-order valence-electron chi connectivity index (χ3n) is 3.47. The number of nitrogen functional groups attached to an aromatic ring is 1. The minimum atomic E-state index is -0.396. The number of rotatable bonds is 5. The summed E-state index contributed by atoms with van der Waals surface area (Å²) in [5.74, 6) is 0.0699. The Balaban J connectivity index is 1.96. The second kappa shape index (κ2) is 7.22. The van der Waals surface area contributed by atoms with Gasteiger partial charge in [0, 0.05) is 35.4 Å². The smallest absolute Gasteiger partial charge is 0.298 e. The molecule has 1 amide bonds. The Morgan fingerprint density at radius 2 is 1.92 bits per heavy atom. The lowest BCUT2D eigenvalue weighted by molar-refractivity contribution is -0.120. The molecule has 0 bridgehead atoms. The van der Waals surface area contributed by atoms with E-state index in [-0.39, 0.29) is 11.4 Å². The van der Waals surface area contributed by atoms with Gasteiger partial charge in [0.05, 0.1) is 5.56 Å². The van der Waals surface area contributed by atoms with Crippen LogP contribution in [0.4, 0.5) is 11.5 Å². The molecule has 0 fully saturated rings. The Morgan fingerprint density at radius 1 is 1.16 bits per heavy atom. The predicted octanol–water partition coefficient (Wildman–Crippen LogP) is 2.51. The van der Waals surface area contributed by atoms with E-state index in [2.05, 4.69) is 15.3 Å². The Labute approximate surface area is 143 Å². The summed E-state index contributed by atoms with van der Waals surface area (Å²) in [6, 6.07) is 11.9. The largest absolute Gasteiger partial charge is 0.428 e. The van der Waals surface area contributed by atoms with E-state index in [0.717, 1.165) is 0 Å². The number of aromatic nitrogens is 2. The minimum absolute atomic E-state index is 0.101. The fraction of sp³-hybridized carbons (Fsp3) is 0. The maximum atomic E-state index is 12.5. The average molecular weight is 334 g/mol. The summed E-state index contributed by atoms with van der Waals surface area (Å²) >= 11 is 0. The topological polar surface area (TPSA) is 107 Å². The standard InChI is InChI=1S/C18H14N4O3/c19-17-15(18(24)22-13-5-7-20-8-6-13)9-12(10-21-17)14-3-1-2-4-16(14)25-11-23/h1-11H,(H2,19,21)(H,20,22,24). The summed E-state index contributed by atoms with van der Waals surface area (Å²) in [5.41, 5.74) is 7.89. The first kappa shape index (κ1) is 16.1. The molecule has 25 heavy (non-hydrogen) atoms. The van der Waals surface area contributed by atoms with Crippen molar-refractivity contribution in [2.45, 2.75) is 0 Å². The fourth-order valence-corrected chi connectivity index (χ4v) is 2.30. The van der Waals surface area contributed by atoms with Crippen LogP contribution in [0.2, 0.25) is 0 Å². The zero-order valence-electron chi connectivity index (χ0n) is 13.0. The van der Waals surface area contributed by atoms with E-state index < -0.39 is 5.91 Å². The molecule has 0 aliphatic heterocycles. The number of pyridine rings is 2. The number of hydrogen-bond acceptors (Lipinski definition) is 6. The lowest BCUT2D eigenvalue weighted by Gasteiger charge is -2.11. The summed E-state index contributed by atoms with van der Waals surface area (Å²) in [6.07, 6.45) is 4.66. The number of para-hydroxylation sites is 1. The van der Waals surface area contributed by atoms with Gasteiger partial charge in [-0.15, -0.1) is 0 Å². The van der Waals surface area contributed by atoms with Crippen LogP contribution in [-0.4, -0.2) is 22.3 Å². The van der Waals surface area contributed by atoms with Crippen molar-refractivity contribution in [1.29, 1.82) is 0 Å². The van der Waals surface area contributed by atoms with Crippen molar-refractivity contribution in [2.75, 3.05) is 11.1 Å². The highest BCUT2D eigenvalue weighted by Crippen LogP contribution is 2.30. The molecule has 7 nitrogen and oxygen atoms in total. The molecule has 0 saturated heterocycles. The van der Waals surface area contributed by atoms with E-state index in [9.17, 15) is 9.59 Å². The van der Waals surface area contributed by atoms with Gasteiger partial charge < -0.3 is 15.8 Å². The minimum Gasteiger partial charge on any atom is -0.428 e. The van der Waals surface area contributed by atoms with E-state index >= 15 is 0 Å². The van der Waals surface area contributed by atoms with E-state index in [1.165, 1.54) is 6.20 Å². The highest BCUT2D eigenvalue weighted by molar-refractivity contribution is 6.07. The van der Waals surface area contributed by atoms with Crippen LogP contribution in [0.3, 0.4) is 0 Å². The monoisotopic (exact) mass is 334 g/mol. The molecule has 0 aliphatic carbocycles. The normalized spacial score (nSPS) is 10.1. The average Bonchev–Trinajstić information content (AvgIpc) is 2.64. The number of ether oxygens (including phenoxy) is 1. The van der Waals surface area contributed by atoms with Crippen molar-refractivity contribution in [1.82, 2.24) is 9.97 Å².